The van der Waals surface area contributed by atoms with Crippen LogP contribution in [0.4, 0.5) is 0 Å². The molecule has 0 radical (unpaired) electrons. The van der Waals surface area contributed by atoms with E-state index in [-0.39, 0.29) is 6.10 Å². The summed E-state index contributed by atoms with van der Waals surface area (Å²) in [4.78, 5) is 7.00. The second-order valence-electron chi connectivity index (χ2n) is 7.07. The second-order valence-corrected chi connectivity index (χ2v) is 7.07. The summed E-state index contributed by atoms with van der Waals surface area (Å²) in [5.74, 6) is 2.15. The molecule has 0 N–H and O–H groups in total. The van der Waals surface area contributed by atoms with Crippen LogP contribution in [0, 0.1) is 0 Å². The van der Waals surface area contributed by atoms with E-state index >= 15 is 0 Å². The number of nitrogens with zero attached hydrogens (tertiary/aromatic N) is 2. The lowest BCUT2D eigenvalue weighted by Crippen LogP contribution is -2.38. The highest BCUT2D eigenvalue weighted by molar-refractivity contribution is 5.81. The van der Waals surface area contributed by atoms with Crippen molar-refractivity contribution in [1.82, 2.24) is 9.88 Å². The van der Waals surface area contributed by atoms with Crippen LogP contribution in [0.2, 0.25) is 0 Å². The molecule has 1 aliphatic heterocycles. The molecule has 0 aliphatic carbocycles. The van der Waals surface area contributed by atoms with Crippen LogP contribution >= 0.6 is 0 Å². The van der Waals surface area contributed by atoms with Gasteiger partial charge in [-0.25, -0.2) is 0 Å². The molecule has 0 spiro atoms. The molecule has 0 saturated carbocycles. The maximum atomic E-state index is 6.04. The summed E-state index contributed by atoms with van der Waals surface area (Å²) >= 11 is 0. The van der Waals surface area contributed by atoms with Crippen LogP contribution in [0.25, 0.3) is 10.8 Å². The lowest BCUT2D eigenvalue weighted by atomic mass is 10.1. The fourth-order valence-corrected chi connectivity index (χ4v) is 3.76. The Morgan fingerprint density at radius 2 is 1.69 bits per heavy atom. The van der Waals surface area contributed by atoms with Crippen LogP contribution in [0.15, 0.2) is 48.7 Å². The van der Waals surface area contributed by atoms with Gasteiger partial charge < -0.3 is 18.9 Å². The van der Waals surface area contributed by atoms with Crippen molar-refractivity contribution in [2.24, 2.45) is 0 Å². The summed E-state index contributed by atoms with van der Waals surface area (Å²) in [6.45, 7) is 3.01. The summed E-state index contributed by atoms with van der Waals surface area (Å²) < 4.78 is 22.5. The van der Waals surface area contributed by atoms with E-state index in [9.17, 15) is 0 Å². The highest BCUT2D eigenvalue weighted by Gasteiger charge is 2.24. The number of aromatic nitrogens is 1. The van der Waals surface area contributed by atoms with Crippen LogP contribution in [0.3, 0.4) is 0 Å². The van der Waals surface area contributed by atoms with Gasteiger partial charge in [0.05, 0.1) is 33.6 Å². The molecule has 1 aliphatic rings. The molecule has 2 aromatic carbocycles. The van der Waals surface area contributed by atoms with E-state index in [0.717, 1.165) is 42.0 Å². The Morgan fingerprint density at radius 1 is 0.966 bits per heavy atom. The first-order valence-corrected chi connectivity index (χ1v) is 9.69. The molecule has 2 heterocycles. The number of benzene rings is 2. The van der Waals surface area contributed by atoms with E-state index in [0.29, 0.717) is 18.1 Å². The normalized spacial score (nSPS) is 17.3. The zero-order valence-electron chi connectivity index (χ0n) is 17.1. The summed E-state index contributed by atoms with van der Waals surface area (Å²) in [6, 6.07) is 14.2. The molecule has 6 nitrogen and oxygen atoms in total. The average molecular weight is 394 g/mol. The number of hydrogen-bond donors (Lipinski definition) is 0. The predicted molar refractivity (Wildman–Crippen MR) is 112 cm³/mol. The van der Waals surface area contributed by atoms with Gasteiger partial charge in [0.1, 0.15) is 11.9 Å². The van der Waals surface area contributed by atoms with E-state index in [1.165, 1.54) is 5.39 Å². The SMILES string of the molecule is COc1cc(OC)c(OC)cc1CN1CCOC(c2cc3ccccc3cn2)C1. The Morgan fingerprint density at radius 3 is 2.45 bits per heavy atom. The van der Waals surface area contributed by atoms with Crippen molar-refractivity contribution in [2.75, 3.05) is 41.0 Å². The molecule has 3 aromatic rings. The third kappa shape index (κ3) is 4.13. The van der Waals surface area contributed by atoms with E-state index in [4.69, 9.17) is 18.9 Å². The van der Waals surface area contributed by atoms with Gasteiger partial charge in [-0.15, -0.1) is 0 Å². The monoisotopic (exact) mass is 394 g/mol. The Hall–Kier alpha value is -2.83. The van der Waals surface area contributed by atoms with E-state index in [2.05, 4.69) is 28.1 Å². The van der Waals surface area contributed by atoms with Crippen LogP contribution in [-0.2, 0) is 11.3 Å². The maximum Gasteiger partial charge on any atom is 0.164 e. The third-order valence-electron chi connectivity index (χ3n) is 5.31. The average Bonchev–Trinajstić information content (AvgIpc) is 2.78. The van der Waals surface area contributed by atoms with Gasteiger partial charge in [0.2, 0.25) is 0 Å². The van der Waals surface area contributed by atoms with Gasteiger partial charge >= 0.3 is 0 Å². The zero-order chi connectivity index (χ0) is 20.2. The smallest absolute Gasteiger partial charge is 0.164 e. The first kappa shape index (κ1) is 19.5. The van der Waals surface area contributed by atoms with Crippen molar-refractivity contribution < 1.29 is 18.9 Å². The Kier molecular flexibility index (Phi) is 5.83. The van der Waals surface area contributed by atoms with Crippen LogP contribution in [0.1, 0.15) is 17.4 Å². The van der Waals surface area contributed by atoms with Gasteiger partial charge in [-0.05, 0) is 17.5 Å². The second kappa shape index (κ2) is 8.68. The quantitative estimate of drug-likeness (QED) is 0.633. The van der Waals surface area contributed by atoms with Crippen LogP contribution < -0.4 is 14.2 Å². The molecule has 1 unspecified atom stereocenters. The number of morpholine rings is 1. The number of fused-ring (bicyclic) bond motifs is 1. The predicted octanol–water partition coefficient (Wildman–Crippen LogP) is 3.83. The van der Waals surface area contributed by atoms with Gasteiger partial charge in [0.15, 0.2) is 11.5 Å². The van der Waals surface area contributed by atoms with Crippen molar-refractivity contribution in [2.45, 2.75) is 12.6 Å². The van der Waals surface area contributed by atoms with Crippen LogP contribution in [-0.4, -0.2) is 50.9 Å². The van der Waals surface area contributed by atoms with Gasteiger partial charge in [-0.1, -0.05) is 24.3 Å². The molecule has 6 heteroatoms. The van der Waals surface area contributed by atoms with E-state index < -0.39 is 0 Å². The van der Waals surface area contributed by atoms with Gasteiger partial charge in [-0.3, -0.25) is 9.88 Å². The maximum absolute atomic E-state index is 6.04. The Labute approximate surface area is 171 Å². The van der Waals surface area contributed by atoms with Gasteiger partial charge in [0.25, 0.3) is 0 Å². The standard InChI is InChI=1S/C23H26N2O4/c1-26-20-12-22(28-3)21(27-2)11-18(20)14-25-8-9-29-23(15-25)19-10-16-6-4-5-7-17(16)13-24-19/h4-7,10-13,23H,8-9,14-15H2,1-3H3. The number of methoxy groups -OCH3 is 3. The lowest BCUT2D eigenvalue weighted by Gasteiger charge is -2.33. The molecule has 29 heavy (non-hydrogen) atoms. The summed E-state index contributed by atoms with van der Waals surface area (Å²) in [6.07, 6.45) is 1.86. The first-order valence-electron chi connectivity index (χ1n) is 9.69. The topological polar surface area (TPSA) is 53.0 Å². The number of ether oxygens (including phenoxy) is 4. The number of rotatable bonds is 6. The molecule has 1 aromatic heterocycles. The van der Waals surface area contributed by atoms with E-state index in [1.54, 1.807) is 21.3 Å². The van der Waals surface area contributed by atoms with Gasteiger partial charge in [0, 0.05) is 42.8 Å². The third-order valence-corrected chi connectivity index (χ3v) is 5.31. The van der Waals surface area contributed by atoms with Crippen molar-refractivity contribution >= 4 is 10.8 Å². The molecule has 1 fully saturated rings. The molecule has 4 rings (SSSR count). The summed E-state index contributed by atoms with van der Waals surface area (Å²) in [5, 5.41) is 2.32. The van der Waals surface area contributed by atoms with E-state index in [1.807, 2.05) is 30.5 Å². The largest absolute Gasteiger partial charge is 0.496 e. The van der Waals surface area contributed by atoms with Crippen molar-refractivity contribution in [1.29, 1.82) is 0 Å². The number of pyridine rings is 1. The summed E-state index contributed by atoms with van der Waals surface area (Å²) in [7, 11) is 4.94. The minimum atomic E-state index is -0.0560. The molecule has 1 atom stereocenters. The first-order chi connectivity index (χ1) is 14.2. The Balaban J connectivity index is 1.54. The fraction of sp³-hybridized carbons (Fsp3) is 0.348. The minimum absolute atomic E-state index is 0.0560. The van der Waals surface area contributed by atoms with Crippen molar-refractivity contribution in [3.8, 4) is 17.2 Å². The molecular weight excluding hydrogens is 368 g/mol. The highest BCUT2D eigenvalue weighted by Crippen LogP contribution is 2.36. The summed E-state index contributed by atoms with van der Waals surface area (Å²) in [5.41, 5.74) is 2.02. The lowest BCUT2D eigenvalue weighted by molar-refractivity contribution is -0.0351. The molecular formula is C23H26N2O4. The number of hydrogen-bond acceptors (Lipinski definition) is 6. The molecule has 0 amide bonds. The van der Waals surface area contributed by atoms with Crippen molar-refractivity contribution in [3.63, 3.8) is 0 Å². The molecule has 0 bridgehead atoms. The van der Waals surface area contributed by atoms with Crippen molar-refractivity contribution in [3.05, 3.63) is 59.9 Å². The highest BCUT2D eigenvalue weighted by atomic mass is 16.5. The Bertz CT molecular complexity index is 992. The molecule has 152 valence electrons. The zero-order valence-corrected chi connectivity index (χ0v) is 17.1. The molecule has 1 saturated heterocycles. The fourth-order valence-electron chi connectivity index (χ4n) is 3.76. The minimum Gasteiger partial charge on any atom is -0.496 e. The van der Waals surface area contributed by atoms with Gasteiger partial charge in [-0.2, -0.15) is 0 Å². The van der Waals surface area contributed by atoms with Crippen LogP contribution in [0.5, 0.6) is 17.2 Å².